The molecule has 0 spiro atoms. The summed E-state index contributed by atoms with van der Waals surface area (Å²) in [5.74, 6) is 0.889. The van der Waals surface area contributed by atoms with E-state index in [1.807, 2.05) is 25.2 Å². The van der Waals surface area contributed by atoms with E-state index in [9.17, 15) is 0 Å². The summed E-state index contributed by atoms with van der Waals surface area (Å²) in [5.41, 5.74) is 10.3. The van der Waals surface area contributed by atoms with Crippen molar-refractivity contribution < 1.29 is 0 Å². The van der Waals surface area contributed by atoms with Crippen molar-refractivity contribution in [3.05, 3.63) is 48.2 Å². The number of pyridine rings is 1. The van der Waals surface area contributed by atoms with Gasteiger partial charge < -0.3 is 10.3 Å². The number of aryl methyl sites for hydroxylation is 1. The van der Waals surface area contributed by atoms with Crippen molar-refractivity contribution in [3.63, 3.8) is 0 Å². The highest BCUT2D eigenvalue weighted by Gasteiger charge is 2.40. The molecule has 1 aliphatic rings. The Hall–Kier alpha value is -2.20. The van der Waals surface area contributed by atoms with Gasteiger partial charge in [0.1, 0.15) is 5.69 Å². The van der Waals surface area contributed by atoms with Crippen molar-refractivity contribution in [2.75, 3.05) is 0 Å². The molecule has 1 aliphatic carbocycles. The molecule has 4 heteroatoms. The Balaban J connectivity index is 1.90. The van der Waals surface area contributed by atoms with Crippen molar-refractivity contribution in [2.45, 2.75) is 18.4 Å². The molecule has 0 radical (unpaired) electrons. The van der Waals surface area contributed by atoms with Gasteiger partial charge in [0.05, 0.1) is 11.0 Å². The minimum Gasteiger partial charge on any atom is -0.326 e. The molecule has 1 saturated carbocycles. The summed E-state index contributed by atoms with van der Waals surface area (Å²) in [7, 11) is 2.02. The molecule has 1 fully saturated rings. The minimum absolute atomic E-state index is 0.114. The Bertz CT molecular complexity index is 785. The van der Waals surface area contributed by atoms with Gasteiger partial charge in [0.2, 0.25) is 0 Å². The fourth-order valence-corrected chi connectivity index (χ4v) is 2.66. The van der Waals surface area contributed by atoms with E-state index in [1.54, 1.807) is 6.20 Å². The van der Waals surface area contributed by atoms with Crippen molar-refractivity contribution in [3.8, 4) is 11.5 Å². The summed E-state index contributed by atoms with van der Waals surface area (Å²) in [6, 6.07) is 12.2. The lowest BCUT2D eigenvalue weighted by Gasteiger charge is -2.08. The van der Waals surface area contributed by atoms with Gasteiger partial charge in [-0.1, -0.05) is 12.1 Å². The third-order valence-electron chi connectivity index (χ3n) is 4.14. The van der Waals surface area contributed by atoms with Crippen LogP contribution in [0.3, 0.4) is 0 Å². The molecule has 20 heavy (non-hydrogen) atoms. The summed E-state index contributed by atoms with van der Waals surface area (Å²) in [4.78, 5) is 9.11. The van der Waals surface area contributed by atoms with E-state index in [2.05, 4.69) is 27.8 Å². The molecule has 4 rings (SSSR count). The lowest BCUT2D eigenvalue weighted by Crippen LogP contribution is -2.18. The van der Waals surface area contributed by atoms with E-state index in [0.29, 0.717) is 0 Å². The number of imidazole rings is 1. The maximum absolute atomic E-state index is 6.27. The number of hydrogen-bond acceptors (Lipinski definition) is 3. The number of benzene rings is 1. The number of nitrogens with zero attached hydrogens (tertiary/aromatic N) is 3. The predicted molar refractivity (Wildman–Crippen MR) is 79.0 cm³/mol. The van der Waals surface area contributed by atoms with Crippen LogP contribution >= 0.6 is 0 Å². The lowest BCUT2D eigenvalue weighted by molar-refractivity contribution is 0.741. The molecule has 2 N–H and O–H groups in total. The Morgan fingerprint density at radius 3 is 2.75 bits per heavy atom. The molecule has 100 valence electrons. The van der Waals surface area contributed by atoms with Crippen LogP contribution < -0.4 is 5.73 Å². The third kappa shape index (κ3) is 1.65. The first-order valence-electron chi connectivity index (χ1n) is 6.85. The predicted octanol–water partition coefficient (Wildman–Crippen LogP) is 2.58. The monoisotopic (exact) mass is 264 g/mol. The zero-order valence-electron chi connectivity index (χ0n) is 11.4. The van der Waals surface area contributed by atoms with Crippen LogP contribution in [0, 0.1) is 0 Å². The molecule has 4 nitrogen and oxygen atoms in total. The topological polar surface area (TPSA) is 56.7 Å². The van der Waals surface area contributed by atoms with Crippen LogP contribution in [0.15, 0.2) is 42.6 Å². The zero-order valence-corrected chi connectivity index (χ0v) is 11.4. The van der Waals surface area contributed by atoms with Crippen molar-refractivity contribution in [1.82, 2.24) is 14.5 Å². The highest BCUT2D eigenvalue weighted by molar-refractivity contribution is 5.81. The fraction of sp³-hybridized carbons (Fsp3) is 0.250. The molecular weight excluding hydrogens is 248 g/mol. The smallest absolute Gasteiger partial charge is 0.159 e. The van der Waals surface area contributed by atoms with Gasteiger partial charge in [-0.05, 0) is 42.7 Å². The van der Waals surface area contributed by atoms with Crippen molar-refractivity contribution in [1.29, 1.82) is 0 Å². The molecule has 0 saturated heterocycles. The van der Waals surface area contributed by atoms with Crippen LogP contribution in [0.4, 0.5) is 0 Å². The van der Waals surface area contributed by atoms with Crippen molar-refractivity contribution in [2.24, 2.45) is 12.8 Å². The maximum atomic E-state index is 6.27. The van der Waals surface area contributed by atoms with Gasteiger partial charge in [-0.2, -0.15) is 0 Å². The van der Waals surface area contributed by atoms with E-state index in [-0.39, 0.29) is 5.54 Å². The largest absolute Gasteiger partial charge is 0.326 e. The summed E-state index contributed by atoms with van der Waals surface area (Å²) in [6.45, 7) is 0. The van der Waals surface area contributed by atoms with Gasteiger partial charge in [-0.3, -0.25) is 4.98 Å². The van der Waals surface area contributed by atoms with Crippen LogP contribution in [0.5, 0.6) is 0 Å². The fourth-order valence-electron chi connectivity index (χ4n) is 2.66. The second-order valence-corrected chi connectivity index (χ2v) is 5.57. The molecule has 1 aromatic carbocycles. The van der Waals surface area contributed by atoms with Gasteiger partial charge in [-0.25, -0.2) is 4.98 Å². The van der Waals surface area contributed by atoms with E-state index in [1.165, 1.54) is 5.56 Å². The molecule has 2 aromatic heterocycles. The van der Waals surface area contributed by atoms with Crippen LogP contribution in [-0.2, 0) is 12.6 Å². The van der Waals surface area contributed by atoms with E-state index in [4.69, 9.17) is 10.7 Å². The number of nitrogens with two attached hydrogens (primary N) is 1. The first-order chi connectivity index (χ1) is 9.67. The molecule has 0 unspecified atom stereocenters. The normalized spacial score (nSPS) is 16.5. The minimum atomic E-state index is -0.114. The van der Waals surface area contributed by atoms with Crippen molar-refractivity contribution >= 4 is 11.0 Å². The average molecular weight is 264 g/mol. The molecule has 0 bridgehead atoms. The summed E-state index contributed by atoms with van der Waals surface area (Å²) < 4.78 is 2.08. The number of fused-ring (bicyclic) bond motifs is 1. The summed E-state index contributed by atoms with van der Waals surface area (Å²) >= 11 is 0. The Morgan fingerprint density at radius 2 is 2.05 bits per heavy atom. The molecule has 0 atom stereocenters. The average Bonchev–Trinajstić information content (AvgIpc) is 3.15. The summed E-state index contributed by atoms with van der Waals surface area (Å²) in [5, 5.41) is 0. The Kier molecular flexibility index (Phi) is 2.26. The number of rotatable bonds is 2. The van der Waals surface area contributed by atoms with Gasteiger partial charge in [-0.15, -0.1) is 0 Å². The van der Waals surface area contributed by atoms with Crippen LogP contribution in [0.25, 0.3) is 22.6 Å². The second kappa shape index (κ2) is 3.90. The third-order valence-corrected chi connectivity index (χ3v) is 4.14. The highest BCUT2D eigenvalue weighted by atomic mass is 15.1. The Labute approximate surface area is 117 Å². The molecule has 2 heterocycles. The lowest BCUT2D eigenvalue weighted by atomic mass is 10.1. The quantitative estimate of drug-likeness (QED) is 0.774. The molecule has 0 aliphatic heterocycles. The standard InChI is InChI=1S/C16H16N4/c1-20-14-6-5-11(16(17)7-8-16)10-13(14)19-15(20)12-4-2-3-9-18-12/h2-6,9-10H,7-8,17H2,1H3. The number of aromatic nitrogens is 3. The van der Waals surface area contributed by atoms with Gasteiger partial charge in [0, 0.05) is 18.8 Å². The van der Waals surface area contributed by atoms with Crippen LogP contribution in [-0.4, -0.2) is 14.5 Å². The van der Waals surface area contributed by atoms with E-state index < -0.39 is 0 Å². The Morgan fingerprint density at radius 1 is 1.20 bits per heavy atom. The van der Waals surface area contributed by atoms with Gasteiger partial charge in [0.25, 0.3) is 0 Å². The SMILES string of the molecule is Cn1c(-c2ccccn2)nc2cc(C3(N)CC3)ccc21. The first-order valence-corrected chi connectivity index (χ1v) is 6.85. The molecule has 0 amide bonds. The first kappa shape index (κ1) is 11.6. The molecular formula is C16H16N4. The molecule has 3 aromatic rings. The maximum Gasteiger partial charge on any atom is 0.159 e. The van der Waals surface area contributed by atoms with Gasteiger partial charge in [0.15, 0.2) is 5.82 Å². The summed E-state index contributed by atoms with van der Waals surface area (Å²) in [6.07, 6.45) is 3.93. The van der Waals surface area contributed by atoms with E-state index >= 15 is 0 Å². The number of hydrogen-bond donors (Lipinski definition) is 1. The van der Waals surface area contributed by atoms with Crippen LogP contribution in [0.2, 0.25) is 0 Å². The van der Waals surface area contributed by atoms with Crippen LogP contribution in [0.1, 0.15) is 18.4 Å². The highest BCUT2D eigenvalue weighted by Crippen LogP contribution is 2.43. The zero-order chi connectivity index (χ0) is 13.7. The second-order valence-electron chi connectivity index (χ2n) is 5.57. The van der Waals surface area contributed by atoms with E-state index in [0.717, 1.165) is 35.4 Å². The van der Waals surface area contributed by atoms with Gasteiger partial charge >= 0.3 is 0 Å².